The van der Waals surface area contributed by atoms with Crippen molar-refractivity contribution in [1.29, 1.82) is 0 Å². The van der Waals surface area contributed by atoms with E-state index in [9.17, 15) is 4.79 Å². The molecule has 4 nitrogen and oxygen atoms in total. The molecule has 1 saturated heterocycles. The molecule has 0 saturated carbocycles. The van der Waals surface area contributed by atoms with Crippen LogP contribution in [-0.4, -0.2) is 48.9 Å². The fourth-order valence-corrected chi connectivity index (χ4v) is 3.95. The molecule has 3 rings (SSSR count). The van der Waals surface area contributed by atoms with Crippen LogP contribution in [0.3, 0.4) is 0 Å². The molecule has 0 bridgehead atoms. The average molecular weight is 380 g/mol. The number of benzene rings is 2. The van der Waals surface area contributed by atoms with E-state index in [1.54, 1.807) is 0 Å². The van der Waals surface area contributed by atoms with Crippen LogP contribution in [-0.2, 0) is 17.8 Å². The van der Waals surface area contributed by atoms with Gasteiger partial charge in [-0.15, -0.1) is 0 Å². The zero-order valence-corrected chi connectivity index (χ0v) is 17.2. The molecule has 1 aliphatic rings. The number of nitrogens with zero attached hydrogens (tertiary/aromatic N) is 2. The Morgan fingerprint density at radius 3 is 2.36 bits per heavy atom. The number of carbonyl (C=O) groups excluding carboxylic acids is 1. The van der Waals surface area contributed by atoms with Gasteiger partial charge in [0.1, 0.15) is 0 Å². The molecule has 1 aliphatic heterocycles. The maximum Gasteiger partial charge on any atom is 0.238 e. The van der Waals surface area contributed by atoms with Gasteiger partial charge in [0.2, 0.25) is 5.91 Å². The van der Waals surface area contributed by atoms with Crippen LogP contribution in [0.15, 0.2) is 54.6 Å². The minimum absolute atomic E-state index is 0.0869. The Hall–Kier alpha value is -2.17. The maximum absolute atomic E-state index is 12.3. The molecule has 0 radical (unpaired) electrons. The normalized spacial score (nSPS) is 15.7. The van der Waals surface area contributed by atoms with Gasteiger partial charge in [-0.2, -0.15) is 0 Å². The standard InChI is InChI=1S/C24H33N3O/c1-3-20-9-11-23(12-10-20)25-24(28)19-27-15-13-22(14-16-27)18-26(2)17-21-7-5-4-6-8-21/h4-12,22H,3,13-19H2,1-2H3,(H,25,28). The predicted octanol–water partition coefficient (Wildman–Crippen LogP) is 4.03. The number of piperidine rings is 1. The molecule has 0 spiro atoms. The van der Waals surface area contributed by atoms with Crippen LogP contribution in [0.2, 0.25) is 0 Å². The topological polar surface area (TPSA) is 35.6 Å². The van der Waals surface area contributed by atoms with Crippen LogP contribution in [0.1, 0.15) is 30.9 Å². The lowest BCUT2D eigenvalue weighted by atomic mass is 9.96. The van der Waals surface area contributed by atoms with E-state index >= 15 is 0 Å². The summed E-state index contributed by atoms with van der Waals surface area (Å²) < 4.78 is 0. The lowest BCUT2D eigenvalue weighted by Crippen LogP contribution is -2.41. The van der Waals surface area contributed by atoms with E-state index in [-0.39, 0.29) is 5.91 Å². The smallest absolute Gasteiger partial charge is 0.238 e. The summed E-state index contributed by atoms with van der Waals surface area (Å²) in [4.78, 5) is 17.0. The summed E-state index contributed by atoms with van der Waals surface area (Å²) in [5, 5.41) is 3.02. The van der Waals surface area contributed by atoms with Gasteiger partial charge in [0.05, 0.1) is 6.54 Å². The summed E-state index contributed by atoms with van der Waals surface area (Å²) in [6.45, 7) is 6.76. The quantitative estimate of drug-likeness (QED) is 0.752. The molecule has 1 heterocycles. The third-order valence-electron chi connectivity index (χ3n) is 5.59. The first-order valence-electron chi connectivity index (χ1n) is 10.5. The van der Waals surface area contributed by atoms with Gasteiger partial charge in [0, 0.05) is 18.8 Å². The summed E-state index contributed by atoms with van der Waals surface area (Å²) in [7, 11) is 2.20. The second-order valence-corrected chi connectivity index (χ2v) is 8.00. The van der Waals surface area contributed by atoms with Gasteiger partial charge in [-0.25, -0.2) is 0 Å². The van der Waals surface area contributed by atoms with Crippen LogP contribution in [0.5, 0.6) is 0 Å². The minimum atomic E-state index is 0.0869. The van der Waals surface area contributed by atoms with E-state index in [0.29, 0.717) is 6.54 Å². The van der Waals surface area contributed by atoms with Gasteiger partial charge in [-0.1, -0.05) is 49.4 Å². The Morgan fingerprint density at radius 1 is 1.04 bits per heavy atom. The molecule has 28 heavy (non-hydrogen) atoms. The van der Waals surface area contributed by atoms with Gasteiger partial charge < -0.3 is 10.2 Å². The monoisotopic (exact) mass is 379 g/mol. The molecule has 1 amide bonds. The van der Waals surface area contributed by atoms with E-state index < -0.39 is 0 Å². The van der Waals surface area contributed by atoms with Crippen molar-refractivity contribution < 1.29 is 4.79 Å². The molecule has 150 valence electrons. The van der Waals surface area contributed by atoms with Gasteiger partial charge in [-0.3, -0.25) is 9.69 Å². The number of aryl methyl sites for hydroxylation is 1. The van der Waals surface area contributed by atoms with Crippen molar-refractivity contribution in [2.45, 2.75) is 32.7 Å². The summed E-state index contributed by atoms with van der Waals surface area (Å²) >= 11 is 0. The third-order valence-corrected chi connectivity index (χ3v) is 5.59. The molecule has 1 N–H and O–H groups in total. The van der Waals surface area contributed by atoms with Crippen molar-refractivity contribution in [3.05, 3.63) is 65.7 Å². The van der Waals surface area contributed by atoms with Crippen molar-refractivity contribution in [1.82, 2.24) is 9.80 Å². The number of carbonyl (C=O) groups is 1. The molecule has 0 unspecified atom stereocenters. The molecule has 2 aromatic rings. The Labute approximate surface area is 169 Å². The van der Waals surface area contributed by atoms with E-state index in [2.05, 4.69) is 71.6 Å². The lowest BCUT2D eigenvalue weighted by Gasteiger charge is -2.33. The second kappa shape index (κ2) is 10.4. The fraction of sp³-hybridized carbons (Fsp3) is 0.458. The number of rotatable bonds is 8. The Morgan fingerprint density at radius 2 is 1.71 bits per heavy atom. The molecular formula is C24H33N3O. The molecule has 2 aromatic carbocycles. The fourth-order valence-electron chi connectivity index (χ4n) is 3.95. The van der Waals surface area contributed by atoms with Gasteiger partial charge in [0.25, 0.3) is 0 Å². The first-order valence-corrected chi connectivity index (χ1v) is 10.5. The average Bonchev–Trinajstić information content (AvgIpc) is 2.71. The van der Waals surface area contributed by atoms with Crippen molar-refractivity contribution in [2.75, 3.05) is 38.5 Å². The second-order valence-electron chi connectivity index (χ2n) is 8.00. The van der Waals surface area contributed by atoms with E-state index in [0.717, 1.165) is 57.0 Å². The van der Waals surface area contributed by atoms with Crippen molar-refractivity contribution >= 4 is 11.6 Å². The Bertz CT molecular complexity index is 721. The number of nitrogens with one attached hydrogen (secondary N) is 1. The number of anilines is 1. The maximum atomic E-state index is 12.3. The molecular weight excluding hydrogens is 346 g/mol. The van der Waals surface area contributed by atoms with Crippen LogP contribution in [0, 0.1) is 5.92 Å². The van der Waals surface area contributed by atoms with Crippen LogP contribution in [0.4, 0.5) is 5.69 Å². The number of hydrogen-bond donors (Lipinski definition) is 1. The largest absolute Gasteiger partial charge is 0.325 e. The summed E-state index contributed by atoms with van der Waals surface area (Å²) in [6.07, 6.45) is 3.35. The minimum Gasteiger partial charge on any atom is -0.325 e. The molecule has 0 aliphatic carbocycles. The molecule has 0 atom stereocenters. The third kappa shape index (κ3) is 6.47. The predicted molar refractivity (Wildman–Crippen MR) is 116 cm³/mol. The first kappa shape index (κ1) is 20.6. The van der Waals surface area contributed by atoms with E-state index in [4.69, 9.17) is 0 Å². The van der Waals surface area contributed by atoms with Crippen LogP contribution >= 0.6 is 0 Å². The van der Waals surface area contributed by atoms with Crippen LogP contribution in [0.25, 0.3) is 0 Å². The van der Waals surface area contributed by atoms with Crippen LogP contribution < -0.4 is 5.32 Å². The first-order chi connectivity index (χ1) is 13.6. The van der Waals surface area contributed by atoms with E-state index in [1.165, 1.54) is 11.1 Å². The highest BCUT2D eigenvalue weighted by Crippen LogP contribution is 2.19. The zero-order valence-electron chi connectivity index (χ0n) is 17.2. The van der Waals surface area contributed by atoms with Crippen molar-refractivity contribution in [3.8, 4) is 0 Å². The number of likely N-dealkylation sites (tertiary alicyclic amines) is 1. The van der Waals surface area contributed by atoms with Gasteiger partial charge in [0.15, 0.2) is 0 Å². The summed E-state index contributed by atoms with van der Waals surface area (Å²) in [5.74, 6) is 0.804. The summed E-state index contributed by atoms with van der Waals surface area (Å²) in [6, 6.07) is 18.8. The Kier molecular flexibility index (Phi) is 7.63. The lowest BCUT2D eigenvalue weighted by molar-refractivity contribution is -0.117. The molecule has 0 aromatic heterocycles. The number of amides is 1. The molecule has 1 fully saturated rings. The molecule has 4 heteroatoms. The summed E-state index contributed by atoms with van der Waals surface area (Å²) in [5.41, 5.74) is 3.54. The van der Waals surface area contributed by atoms with Crippen molar-refractivity contribution in [3.63, 3.8) is 0 Å². The highest BCUT2D eigenvalue weighted by molar-refractivity contribution is 5.92. The van der Waals surface area contributed by atoms with Gasteiger partial charge >= 0.3 is 0 Å². The highest BCUT2D eigenvalue weighted by Gasteiger charge is 2.22. The van der Waals surface area contributed by atoms with Gasteiger partial charge in [-0.05, 0) is 68.6 Å². The number of hydrogen-bond acceptors (Lipinski definition) is 3. The zero-order chi connectivity index (χ0) is 19.8. The van der Waals surface area contributed by atoms with Crippen molar-refractivity contribution in [2.24, 2.45) is 5.92 Å². The SMILES string of the molecule is CCc1ccc(NC(=O)CN2CCC(CN(C)Cc3ccccc3)CC2)cc1. The highest BCUT2D eigenvalue weighted by atomic mass is 16.2. The Balaban J connectivity index is 1.36. The van der Waals surface area contributed by atoms with E-state index in [1.807, 2.05) is 12.1 Å².